The molecule has 1 N–H and O–H groups in total. The quantitative estimate of drug-likeness (QED) is 0.304. The summed E-state index contributed by atoms with van der Waals surface area (Å²) in [5.41, 5.74) is 8.74. The highest BCUT2D eigenvalue weighted by atomic mass is 32.2. The van der Waals surface area contributed by atoms with Crippen LogP contribution in [0.15, 0.2) is 93.6 Å². The second-order valence-corrected chi connectivity index (χ2v) is 8.72. The van der Waals surface area contributed by atoms with Crippen molar-refractivity contribution in [2.45, 2.75) is 18.7 Å². The van der Waals surface area contributed by atoms with E-state index in [0.29, 0.717) is 0 Å². The summed E-state index contributed by atoms with van der Waals surface area (Å²) >= 11 is 6.26. The topological polar surface area (TPSA) is 15.8 Å². The van der Waals surface area contributed by atoms with Gasteiger partial charge in [0.25, 0.3) is 0 Å². The lowest BCUT2D eigenvalue weighted by Gasteiger charge is -2.20. The lowest BCUT2D eigenvalue weighted by Crippen LogP contribution is -1.98. The molecular formula is C26H21NS2. The van der Waals surface area contributed by atoms with Crippen molar-refractivity contribution in [3.63, 3.8) is 0 Å². The number of hydrogen-bond acceptors (Lipinski definition) is 2. The molecule has 2 heterocycles. The number of thioether (sulfide) groups is 1. The Hall–Kier alpha value is -2.62. The summed E-state index contributed by atoms with van der Waals surface area (Å²) in [5, 5.41) is 4.44. The van der Waals surface area contributed by atoms with E-state index in [1.807, 2.05) is 5.41 Å². The van der Waals surface area contributed by atoms with Gasteiger partial charge in [0, 0.05) is 31.6 Å². The Morgan fingerprint density at radius 2 is 1.62 bits per heavy atom. The van der Waals surface area contributed by atoms with Gasteiger partial charge in [-0.1, -0.05) is 66.4 Å². The minimum atomic E-state index is 1.13. The number of allylic oxidation sites excluding steroid dienone is 3. The molecule has 29 heavy (non-hydrogen) atoms. The van der Waals surface area contributed by atoms with Gasteiger partial charge in [0.2, 0.25) is 0 Å². The number of aromatic nitrogens is 1. The van der Waals surface area contributed by atoms with Crippen molar-refractivity contribution < 1.29 is 0 Å². The Balaban J connectivity index is 1.93. The number of fused-ring (bicyclic) bond motifs is 5. The average molecular weight is 412 g/mol. The van der Waals surface area contributed by atoms with Crippen LogP contribution in [0.4, 0.5) is 0 Å². The first-order valence-electron chi connectivity index (χ1n) is 9.68. The second-order valence-electron chi connectivity index (χ2n) is 7.38. The van der Waals surface area contributed by atoms with Crippen LogP contribution in [0.1, 0.15) is 23.6 Å². The Morgan fingerprint density at radius 1 is 0.828 bits per heavy atom. The van der Waals surface area contributed by atoms with Crippen LogP contribution in [0.2, 0.25) is 0 Å². The van der Waals surface area contributed by atoms with E-state index in [4.69, 9.17) is 0 Å². The van der Waals surface area contributed by atoms with Crippen LogP contribution < -0.4 is 0 Å². The van der Waals surface area contributed by atoms with Gasteiger partial charge < -0.3 is 4.98 Å². The lowest BCUT2D eigenvalue weighted by atomic mass is 9.89. The molecule has 1 nitrogen and oxygen atoms in total. The molecule has 0 amide bonds. The van der Waals surface area contributed by atoms with Crippen molar-refractivity contribution in [1.82, 2.24) is 4.98 Å². The van der Waals surface area contributed by atoms with E-state index in [9.17, 15) is 0 Å². The van der Waals surface area contributed by atoms with Gasteiger partial charge >= 0.3 is 0 Å². The highest BCUT2D eigenvalue weighted by Crippen LogP contribution is 2.46. The molecule has 1 aromatic heterocycles. The molecule has 0 saturated heterocycles. The molecule has 142 valence electrons. The smallest absolute Gasteiger partial charge is 0.0476 e. The average Bonchev–Trinajstić information content (AvgIpc) is 3.11. The maximum atomic E-state index is 4.47. The van der Waals surface area contributed by atoms with Gasteiger partial charge in [0.1, 0.15) is 0 Å². The van der Waals surface area contributed by atoms with Gasteiger partial charge in [-0.3, -0.25) is 0 Å². The molecule has 0 atom stereocenters. The maximum Gasteiger partial charge on any atom is 0.0476 e. The number of rotatable bonds is 1. The number of aryl methyl sites for hydroxylation is 1. The number of aromatic amines is 1. The van der Waals surface area contributed by atoms with Crippen molar-refractivity contribution in [3.05, 3.63) is 105 Å². The zero-order valence-corrected chi connectivity index (χ0v) is 18.1. The van der Waals surface area contributed by atoms with Crippen molar-refractivity contribution in [1.29, 1.82) is 0 Å². The molecule has 5 rings (SSSR count). The summed E-state index contributed by atoms with van der Waals surface area (Å²) < 4.78 is 0. The third-order valence-corrected chi connectivity index (χ3v) is 7.12. The SMILES string of the molecule is CC1=C(\c2ccccc2C)c2ccc3[nH]c4ccccc4c3c2SC(=C\S)/C=C\1. The molecular weight excluding hydrogens is 390 g/mol. The molecule has 1 aliphatic heterocycles. The number of nitrogens with one attached hydrogen (secondary N) is 1. The fourth-order valence-corrected chi connectivity index (χ4v) is 5.42. The van der Waals surface area contributed by atoms with Crippen LogP contribution in [0, 0.1) is 6.92 Å². The van der Waals surface area contributed by atoms with Crippen LogP contribution in [0.3, 0.4) is 0 Å². The third-order valence-electron chi connectivity index (χ3n) is 5.55. The molecule has 0 saturated carbocycles. The summed E-state index contributed by atoms with van der Waals surface area (Å²) in [6.45, 7) is 4.39. The van der Waals surface area contributed by atoms with Crippen LogP contribution in [-0.4, -0.2) is 4.98 Å². The number of H-pyrrole nitrogens is 1. The van der Waals surface area contributed by atoms with Crippen LogP contribution in [0.25, 0.3) is 27.4 Å². The fraction of sp³-hybridized carbons (Fsp3) is 0.0769. The van der Waals surface area contributed by atoms with Gasteiger partial charge in [-0.15, -0.1) is 0 Å². The maximum absolute atomic E-state index is 4.47. The number of thiol groups is 1. The van der Waals surface area contributed by atoms with Gasteiger partial charge in [0.15, 0.2) is 0 Å². The van der Waals surface area contributed by atoms with Gasteiger partial charge in [-0.25, -0.2) is 0 Å². The monoisotopic (exact) mass is 411 g/mol. The van der Waals surface area contributed by atoms with Gasteiger partial charge in [-0.2, -0.15) is 12.6 Å². The van der Waals surface area contributed by atoms with Crippen LogP contribution in [-0.2, 0) is 0 Å². The number of hydrogen-bond donors (Lipinski definition) is 2. The molecule has 0 spiro atoms. The van der Waals surface area contributed by atoms with Crippen molar-refractivity contribution in [3.8, 4) is 0 Å². The second kappa shape index (κ2) is 7.33. The van der Waals surface area contributed by atoms with E-state index >= 15 is 0 Å². The molecule has 4 aromatic rings. The van der Waals surface area contributed by atoms with E-state index < -0.39 is 0 Å². The summed E-state index contributed by atoms with van der Waals surface area (Å²) in [6, 6.07) is 21.7. The predicted octanol–water partition coefficient (Wildman–Crippen LogP) is 7.88. The first-order chi connectivity index (χ1) is 14.2. The first kappa shape index (κ1) is 18.4. The highest BCUT2D eigenvalue weighted by molar-refractivity contribution is 8.04. The molecule has 0 bridgehead atoms. The summed E-state index contributed by atoms with van der Waals surface area (Å²) in [6.07, 6.45) is 4.38. The molecule has 3 aromatic carbocycles. The first-order valence-corrected chi connectivity index (χ1v) is 11.0. The zero-order valence-electron chi connectivity index (χ0n) is 16.4. The third kappa shape index (κ3) is 3.06. The molecule has 0 radical (unpaired) electrons. The number of para-hydroxylation sites is 1. The Kier molecular flexibility index (Phi) is 4.65. The Bertz CT molecular complexity index is 1350. The Morgan fingerprint density at radius 3 is 2.45 bits per heavy atom. The van der Waals surface area contributed by atoms with E-state index in [0.717, 1.165) is 4.91 Å². The van der Waals surface area contributed by atoms with E-state index in [2.05, 4.69) is 104 Å². The summed E-state index contributed by atoms with van der Waals surface area (Å²) in [7, 11) is 0. The largest absolute Gasteiger partial charge is 0.354 e. The molecule has 1 aliphatic rings. The fourth-order valence-electron chi connectivity index (χ4n) is 4.15. The highest BCUT2D eigenvalue weighted by Gasteiger charge is 2.21. The minimum Gasteiger partial charge on any atom is -0.354 e. The van der Waals surface area contributed by atoms with Gasteiger partial charge in [-0.05, 0) is 65.3 Å². The standard InChI is InChI=1S/C26H21NS2/c1-16-7-3-4-8-19(16)24-17(2)11-12-18(15-28)29-26-21(24)13-14-23-25(26)20-9-5-6-10-22(20)27-23/h3-15,27-28H,1-2H3/b12-11-,18-15-,24-17-. The number of benzene rings is 3. The van der Waals surface area contributed by atoms with E-state index in [1.54, 1.807) is 11.8 Å². The Labute approximate surface area is 180 Å². The minimum absolute atomic E-state index is 1.13. The van der Waals surface area contributed by atoms with E-state index in [-0.39, 0.29) is 0 Å². The van der Waals surface area contributed by atoms with E-state index in [1.165, 1.54) is 54.5 Å². The molecule has 0 unspecified atom stereocenters. The van der Waals surface area contributed by atoms with Crippen LogP contribution in [0.5, 0.6) is 0 Å². The lowest BCUT2D eigenvalue weighted by molar-refractivity contribution is 1.35. The van der Waals surface area contributed by atoms with Crippen molar-refractivity contribution in [2.24, 2.45) is 0 Å². The molecule has 3 heteroatoms. The normalized spacial score (nSPS) is 19.3. The van der Waals surface area contributed by atoms with Crippen molar-refractivity contribution >= 4 is 51.8 Å². The zero-order chi connectivity index (χ0) is 20.0. The predicted molar refractivity (Wildman–Crippen MR) is 131 cm³/mol. The van der Waals surface area contributed by atoms with Crippen LogP contribution >= 0.6 is 24.4 Å². The molecule has 0 aliphatic carbocycles. The molecule has 0 fully saturated rings. The van der Waals surface area contributed by atoms with Crippen molar-refractivity contribution in [2.75, 3.05) is 0 Å². The summed E-state index contributed by atoms with van der Waals surface area (Å²) in [4.78, 5) is 6.00. The summed E-state index contributed by atoms with van der Waals surface area (Å²) in [5.74, 6) is 0. The van der Waals surface area contributed by atoms with Gasteiger partial charge in [0.05, 0.1) is 0 Å².